The molecule has 0 saturated carbocycles. The second-order valence-electron chi connectivity index (χ2n) is 3.76. The standard InChI is InChI=1S/C12H14N2O5/c13-9(11(16)17)6-10(15)14-12(18)19-7-8-4-2-1-3-5-8/h1-5,9H,6-7,13H2,(H,16,17)(H,14,15,18). The molecule has 0 spiro atoms. The van der Waals surface area contributed by atoms with Crippen molar-refractivity contribution in [3.63, 3.8) is 0 Å². The summed E-state index contributed by atoms with van der Waals surface area (Å²) in [6.07, 6.45) is -1.43. The summed E-state index contributed by atoms with van der Waals surface area (Å²) >= 11 is 0. The van der Waals surface area contributed by atoms with Crippen LogP contribution < -0.4 is 11.1 Å². The molecule has 0 aromatic heterocycles. The number of imide groups is 1. The summed E-state index contributed by atoms with van der Waals surface area (Å²) in [7, 11) is 0. The number of rotatable bonds is 5. The molecule has 4 N–H and O–H groups in total. The van der Waals surface area contributed by atoms with Gasteiger partial charge in [0.25, 0.3) is 0 Å². The number of ether oxygens (including phenoxy) is 1. The van der Waals surface area contributed by atoms with E-state index in [1.165, 1.54) is 0 Å². The van der Waals surface area contributed by atoms with Crippen molar-refractivity contribution in [3.05, 3.63) is 35.9 Å². The Bertz CT molecular complexity index is 460. The molecule has 1 aromatic carbocycles. The number of benzene rings is 1. The maximum atomic E-state index is 11.2. The highest BCUT2D eigenvalue weighted by Crippen LogP contribution is 2.00. The van der Waals surface area contributed by atoms with Gasteiger partial charge in [0.05, 0.1) is 6.42 Å². The highest BCUT2D eigenvalue weighted by Gasteiger charge is 2.18. The van der Waals surface area contributed by atoms with Crippen LogP contribution in [0.25, 0.3) is 0 Å². The lowest BCUT2D eigenvalue weighted by atomic mass is 10.2. The van der Waals surface area contributed by atoms with Gasteiger partial charge in [-0.05, 0) is 5.56 Å². The molecule has 2 amide bonds. The van der Waals surface area contributed by atoms with Crippen molar-refractivity contribution in [1.82, 2.24) is 5.32 Å². The van der Waals surface area contributed by atoms with Crippen LogP contribution >= 0.6 is 0 Å². The Kier molecular flexibility index (Phi) is 5.49. The molecular weight excluding hydrogens is 252 g/mol. The average molecular weight is 266 g/mol. The summed E-state index contributed by atoms with van der Waals surface area (Å²) in [5.41, 5.74) is 5.92. The molecule has 1 atom stereocenters. The highest BCUT2D eigenvalue weighted by atomic mass is 16.5. The predicted molar refractivity (Wildman–Crippen MR) is 65.0 cm³/mol. The smallest absolute Gasteiger partial charge is 0.414 e. The Morgan fingerprint density at radius 3 is 2.47 bits per heavy atom. The zero-order valence-electron chi connectivity index (χ0n) is 10.0. The monoisotopic (exact) mass is 266 g/mol. The summed E-state index contributed by atoms with van der Waals surface area (Å²) in [6.45, 7) is 0.0188. The number of carbonyl (C=O) groups is 3. The molecule has 19 heavy (non-hydrogen) atoms. The number of hydrogen-bond acceptors (Lipinski definition) is 5. The van der Waals surface area contributed by atoms with Crippen LogP contribution in [0, 0.1) is 0 Å². The maximum Gasteiger partial charge on any atom is 0.414 e. The minimum atomic E-state index is -1.35. The van der Waals surface area contributed by atoms with E-state index in [2.05, 4.69) is 0 Å². The molecule has 0 aliphatic rings. The lowest BCUT2D eigenvalue weighted by Crippen LogP contribution is -2.39. The first-order valence-corrected chi connectivity index (χ1v) is 5.48. The quantitative estimate of drug-likeness (QED) is 0.702. The van der Waals surface area contributed by atoms with E-state index < -0.39 is 30.4 Å². The predicted octanol–water partition coefficient (Wildman–Crippen LogP) is 0.241. The largest absolute Gasteiger partial charge is 0.480 e. The Balaban J connectivity index is 2.31. The molecule has 0 bridgehead atoms. The molecule has 0 saturated heterocycles. The van der Waals surface area contributed by atoms with Crippen LogP contribution in [0.5, 0.6) is 0 Å². The van der Waals surface area contributed by atoms with Gasteiger partial charge in [0.2, 0.25) is 5.91 Å². The van der Waals surface area contributed by atoms with Crippen LogP contribution in [0.2, 0.25) is 0 Å². The van der Waals surface area contributed by atoms with Crippen LogP contribution in [0.15, 0.2) is 30.3 Å². The third-order valence-electron chi connectivity index (χ3n) is 2.18. The van der Waals surface area contributed by atoms with Crippen LogP contribution in [-0.2, 0) is 20.9 Å². The fourth-order valence-corrected chi connectivity index (χ4v) is 1.21. The molecule has 0 heterocycles. The van der Waals surface area contributed by atoms with Crippen molar-refractivity contribution in [2.75, 3.05) is 0 Å². The van der Waals surface area contributed by atoms with Crippen molar-refractivity contribution in [2.24, 2.45) is 5.73 Å². The van der Waals surface area contributed by atoms with Crippen LogP contribution in [0.4, 0.5) is 4.79 Å². The number of alkyl carbamates (subject to hydrolysis) is 1. The summed E-state index contributed by atoms with van der Waals surface area (Å²) in [6, 6.07) is 7.56. The number of nitrogens with two attached hydrogens (primary N) is 1. The SMILES string of the molecule is NC(CC(=O)NC(=O)OCc1ccccc1)C(=O)O. The van der Waals surface area contributed by atoms with Crippen molar-refractivity contribution in [2.45, 2.75) is 19.1 Å². The number of carboxylic acid groups (broad SMARTS) is 1. The number of nitrogens with one attached hydrogen (secondary N) is 1. The number of carboxylic acids is 1. The van der Waals surface area contributed by atoms with Crippen LogP contribution in [0.3, 0.4) is 0 Å². The Hall–Kier alpha value is -2.41. The molecule has 0 aliphatic carbocycles. The van der Waals surface area contributed by atoms with E-state index in [1.807, 2.05) is 11.4 Å². The number of carbonyl (C=O) groups excluding carboxylic acids is 2. The van der Waals surface area contributed by atoms with Gasteiger partial charge in [-0.3, -0.25) is 14.9 Å². The fraction of sp³-hybridized carbons (Fsp3) is 0.250. The van der Waals surface area contributed by atoms with Gasteiger partial charge in [-0.2, -0.15) is 0 Å². The van der Waals surface area contributed by atoms with Crippen molar-refractivity contribution < 1.29 is 24.2 Å². The van der Waals surface area contributed by atoms with Gasteiger partial charge in [-0.1, -0.05) is 30.3 Å². The van der Waals surface area contributed by atoms with E-state index in [1.54, 1.807) is 24.3 Å². The normalized spacial score (nSPS) is 11.4. The zero-order chi connectivity index (χ0) is 14.3. The second kappa shape index (κ2) is 7.12. The topological polar surface area (TPSA) is 119 Å². The fourth-order valence-electron chi connectivity index (χ4n) is 1.21. The van der Waals surface area contributed by atoms with Gasteiger partial charge in [0.15, 0.2) is 0 Å². The lowest BCUT2D eigenvalue weighted by Gasteiger charge is -2.07. The summed E-state index contributed by atoms with van der Waals surface area (Å²) in [5, 5.41) is 10.4. The molecule has 0 aliphatic heterocycles. The maximum absolute atomic E-state index is 11.2. The van der Waals surface area contributed by atoms with Gasteiger partial charge >= 0.3 is 12.1 Å². The molecule has 7 nitrogen and oxygen atoms in total. The highest BCUT2D eigenvalue weighted by molar-refractivity contribution is 5.94. The minimum Gasteiger partial charge on any atom is -0.480 e. The van der Waals surface area contributed by atoms with E-state index in [4.69, 9.17) is 15.6 Å². The third-order valence-corrected chi connectivity index (χ3v) is 2.18. The first kappa shape index (κ1) is 14.7. The Labute approximate surface area is 109 Å². The van der Waals surface area contributed by atoms with E-state index in [0.717, 1.165) is 5.56 Å². The van der Waals surface area contributed by atoms with E-state index in [-0.39, 0.29) is 6.61 Å². The molecule has 1 aromatic rings. The zero-order valence-corrected chi connectivity index (χ0v) is 10.0. The van der Waals surface area contributed by atoms with Crippen molar-refractivity contribution in [3.8, 4) is 0 Å². The molecule has 7 heteroatoms. The summed E-state index contributed by atoms with van der Waals surface area (Å²) in [4.78, 5) is 32.9. The Morgan fingerprint density at radius 1 is 1.26 bits per heavy atom. The first-order chi connectivity index (χ1) is 8.99. The number of hydrogen-bond donors (Lipinski definition) is 3. The molecule has 0 radical (unpaired) electrons. The summed E-state index contributed by atoms with van der Waals surface area (Å²) in [5.74, 6) is -2.11. The summed E-state index contributed by atoms with van der Waals surface area (Å²) < 4.78 is 4.78. The van der Waals surface area contributed by atoms with E-state index in [0.29, 0.717) is 0 Å². The van der Waals surface area contributed by atoms with Gasteiger partial charge < -0.3 is 15.6 Å². The van der Waals surface area contributed by atoms with E-state index >= 15 is 0 Å². The second-order valence-corrected chi connectivity index (χ2v) is 3.76. The molecule has 1 unspecified atom stereocenters. The van der Waals surface area contributed by atoms with Crippen LogP contribution in [0.1, 0.15) is 12.0 Å². The molecule has 0 fully saturated rings. The molecular formula is C12H14N2O5. The number of aliphatic carboxylic acids is 1. The van der Waals surface area contributed by atoms with Gasteiger partial charge in [-0.25, -0.2) is 4.79 Å². The van der Waals surface area contributed by atoms with Gasteiger partial charge in [0, 0.05) is 0 Å². The average Bonchev–Trinajstić information content (AvgIpc) is 2.37. The van der Waals surface area contributed by atoms with Gasteiger partial charge in [-0.15, -0.1) is 0 Å². The van der Waals surface area contributed by atoms with Crippen molar-refractivity contribution in [1.29, 1.82) is 0 Å². The minimum absolute atomic E-state index is 0.0188. The van der Waals surface area contributed by atoms with Crippen molar-refractivity contribution >= 4 is 18.0 Å². The lowest BCUT2D eigenvalue weighted by molar-refractivity contribution is -0.140. The van der Waals surface area contributed by atoms with E-state index in [9.17, 15) is 14.4 Å². The first-order valence-electron chi connectivity index (χ1n) is 5.48. The molecule has 102 valence electrons. The van der Waals surface area contributed by atoms with Crippen LogP contribution in [-0.4, -0.2) is 29.1 Å². The van der Waals surface area contributed by atoms with Gasteiger partial charge in [0.1, 0.15) is 12.6 Å². The number of amides is 2. The molecule has 1 rings (SSSR count). The third kappa shape index (κ3) is 5.64. The Morgan fingerprint density at radius 2 is 1.89 bits per heavy atom.